The summed E-state index contributed by atoms with van der Waals surface area (Å²) in [6.07, 6.45) is 3.10. The van der Waals surface area contributed by atoms with Crippen LogP contribution in [0, 0.1) is 5.41 Å². The molecule has 2 spiro atoms. The Morgan fingerprint density at radius 3 is 2.60 bits per heavy atom. The van der Waals surface area contributed by atoms with Crippen molar-refractivity contribution < 1.29 is 13.5 Å². The van der Waals surface area contributed by atoms with Gasteiger partial charge in [0.05, 0.1) is 11.8 Å². The number of benzene rings is 1. The molecule has 134 valence electrons. The quantitative estimate of drug-likeness (QED) is 0.793. The molecule has 1 atom stereocenters. The summed E-state index contributed by atoms with van der Waals surface area (Å²) in [5, 5.41) is 0. The third kappa shape index (κ3) is 2.54. The molecule has 1 aromatic rings. The minimum atomic E-state index is -2.72. The molecule has 1 unspecified atom stereocenters. The van der Waals surface area contributed by atoms with Crippen LogP contribution in [0.1, 0.15) is 43.7 Å². The van der Waals surface area contributed by atoms with Gasteiger partial charge in [0.15, 0.2) is 5.66 Å². The molecule has 4 rings (SSSR count). The van der Waals surface area contributed by atoms with E-state index >= 15 is 0 Å². The van der Waals surface area contributed by atoms with Crippen molar-refractivity contribution in [2.75, 3.05) is 0 Å². The van der Waals surface area contributed by atoms with E-state index in [9.17, 15) is 8.78 Å². The second kappa shape index (κ2) is 5.84. The first-order valence-corrected chi connectivity index (χ1v) is 9.29. The maximum absolute atomic E-state index is 12.6. The van der Waals surface area contributed by atoms with Crippen LogP contribution in [0.2, 0.25) is 0 Å². The highest BCUT2D eigenvalue weighted by atomic mass is 79.9. The van der Waals surface area contributed by atoms with Gasteiger partial charge in [0.25, 0.3) is 0 Å². The molecule has 7 heteroatoms. The van der Waals surface area contributed by atoms with Crippen LogP contribution in [0.4, 0.5) is 8.78 Å². The van der Waals surface area contributed by atoms with E-state index < -0.39 is 18.4 Å². The first kappa shape index (κ1) is 17.1. The van der Waals surface area contributed by atoms with Crippen molar-refractivity contribution in [3.63, 3.8) is 0 Å². The van der Waals surface area contributed by atoms with E-state index in [0.29, 0.717) is 18.7 Å². The molecular formula is C18H20BrF2N3O. The Labute approximate surface area is 153 Å². The molecule has 0 bridgehead atoms. The summed E-state index contributed by atoms with van der Waals surface area (Å²) < 4.78 is 30.8. The van der Waals surface area contributed by atoms with Gasteiger partial charge in [-0.2, -0.15) is 8.78 Å². The second-order valence-corrected chi connectivity index (χ2v) is 8.14. The van der Waals surface area contributed by atoms with Crippen LogP contribution in [0.15, 0.2) is 32.7 Å². The highest BCUT2D eigenvalue weighted by molar-refractivity contribution is 9.10. The number of amidine groups is 1. The maximum atomic E-state index is 12.6. The molecule has 1 aliphatic heterocycles. The zero-order valence-electron chi connectivity index (χ0n) is 13.9. The summed E-state index contributed by atoms with van der Waals surface area (Å²) in [5.74, 6) is 0.471. The van der Waals surface area contributed by atoms with E-state index in [4.69, 9.17) is 20.5 Å². The summed E-state index contributed by atoms with van der Waals surface area (Å²) in [6, 6.07) is 6.20. The van der Waals surface area contributed by atoms with Gasteiger partial charge >= 0.3 is 6.61 Å². The molecule has 0 saturated heterocycles. The Kier molecular flexibility index (Phi) is 3.99. The normalized spacial score (nSPS) is 33.9. The molecule has 0 aromatic heterocycles. The molecule has 1 heterocycles. The Balaban J connectivity index is 1.75. The average Bonchev–Trinajstić information content (AvgIpc) is 2.98. The number of hydrogen-bond acceptors (Lipinski definition) is 4. The molecule has 25 heavy (non-hydrogen) atoms. The molecule has 3 aliphatic rings. The fraction of sp³-hybridized carbons (Fsp3) is 0.556. The van der Waals surface area contributed by atoms with Crippen LogP contribution in [-0.2, 0) is 16.8 Å². The third-order valence-corrected chi connectivity index (χ3v) is 6.38. The highest BCUT2D eigenvalue weighted by Gasteiger charge is 2.60. The number of rotatable bonds is 2. The second-order valence-electron chi connectivity index (χ2n) is 7.22. The van der Waals surface area contributed by atoms with Gasteiger partial charge in [-0.25, -0.2) is 4.99 Å². The largest absolute Gasteiger partial charge is 0.382 e. The molecular weight excluding hydrogens is 392 g/mol. The molecule has 0 amide bonds. The van der Waals surface area contributed by atoms with Crippen molar-refractivity contribution in [3.05, 3.63) is 33.8 Å². The number of aliphatic imine (C=N–C) groups is 2. The number of nitrogens with two attached hydrogens (primary N) is 1. The summed E-state index contributed by atoms with van der Waals surface area (Å²) in [5.41, 5.74) is 8.19. The first-order valence-electron chi connectivity index (χ1n) is 8.50. The van der Waals surface area contributed by atoms with Crippen molar-refractivity contribution >= 4 is 27.5 Å². The number of hydrogen-bond donors (Lipinski definition) is 1. The summed E-state index contributed by atoms with van der Waals surface area (Å²) >= 11 is 3.54. The Bertz CT molecular complexity index is 752. The predicted octanol–water partition coefficient (Wildman–Crippen LogP) is 4.16. The minimum Gasteiger partial charge on any atom is -0.382 e. The molecule has 2 N–H and O–H groups in total. The van der Waals surface area contributed by atoms with E-state index in [1.807, 2.05) is 13.0 Å². The van der Waals surface area contributed by atoms with Gasteiger partial charge in [-0.15, -0.1) is 0 Å². The number of alkyl halides is 2. The van der Waals surface area contributed by atoms with Gasteiger partial charge in [-0.1, -0.05) is 22.0 Å². The number of nitrogens with zero attached hydrogens (tertiary/aromatic N) is 2. The molecule has 4 nitrogen and oxygen atoms in total. The van der Waals surface area contributed by atoms with Crippen LogP contribution < -0.4 is 5.73 Å². The number of ether oxygens (including phenoxy) is 1. The highest BCUT2D eigenvalue weighted by Crippen LogP contribution is 2.62. The fourth-order valence-corrected chi connectivity index (χ4v) is 5.05. The predicted molar refractivity (Wildman–Crippen MR) is 96.0 cm³/mol. The smallest absolute Gasteiger partial charge is 0.345 e. The molecule has 2 aliphatic carbocycles. The van der Waals surface area contributed by atoms with Crippen LogP contribution in [0.5, 0.6) is 0 Å². The van der Waals surface area contributed by atoms with E-state index in [2.05, 4.69) is 28.1 Å². The average molecular weight is 412 g/mol. The maximum Gasteiger partial charge on any atom is 0.345 e. The summed E-state index contributed by atoms with van der Waals surface area (Å²) in [7, 11) is 0. The molecule has 0 radical (unpaired) electrons. The summed E-state index contributed by atoms with van der Waals surface area (Å²) in [4.78, 5) is 9.75. The fourth-order valence-electron chi connectivity index (χ4n) is 4.69. The lowest BCUT2D eigenvalue weighted by Crippen LogP contribution is -2.43. The van der Waals surface area contributed by atoms with Gasteiger partial charge in [0.1, 0.15) is 5.84 Å². The van der Waals surface area contributed by atoms with Crippen molar-refractivity contribution in [2.45, 2.75) is 57.4 Å². The number of halogens is 3. The topological polar surface area (TPSA) is 60.0 Å². The van der Waals surface area contributed by atoms with Crippen molar-refractivity contribution in [3.8, 4) is 0 Å². The Morgan fingerprint density at radius 1 is 1.28 bits per heavy atom. The Hall–Kier alpha value is -1.34. The lowest BCUT2D eigenvalue weighted by atomic mass is 9.65. The van der Waals surface area contributed by atoms with Crippen molar-refractivity contribution in [1.82, 2.24) is 0 Å². The SMILES string of the molecule is CC1=NC2(N=C1N)c1cc(Br)ccc1C[C@]21CC[C@@H](OC(F)F)CC1. The molecule has 1 aromatic carbocycles. The van der Waals surface area contributed by atoms with Crippen LogP contribution in [0.25, 0.3) is 0 Å². The monoisotopic (exact) mass is 411 g/mol. The van der Waals surface area contributed by atoms with Gasteiger partial charge < -0.3 is 10.5 Å². The Morgan fingerprint density at radius 2 is 2.00 bits per heavy atom. The van der Waals surface area contributed by atoms with Gasteiger partial charge in [-0.05, 0) is 56.7 Å². The standard InChI is InChI=1S/C18H20BrF2N3O/c1-10-15(22)24-18(23-10)14-8-12(19)3-2-11(14)9-17(18)6-4-13(5-7-17)25-16(20)21/h2-3,8,13,16H,4-7,9H2,1H3,(H2,22,24)/t13-,17-,18?. The summed E-state index contributed by atoms with van der Waals surface area (Å²) in [6.45, 7) is -0.840. The van der Waals surface area contributed by atoms with Gasteiger partial charge in [0.2, 0.25) is 0 Å². The van der Waals surface area contributed by atoms with Gasteiger partial charge in [-0.3, -0.25) is 4.99 Å². The van der Waals surface area contributed by atoms with E-state index in [1.165, 1.54) is 5.56 Å². The first-order chi connectivity index (χ1) is 11.9. The van der Waals surface area contributed by atoms with E-state index in [0.717, 1.165) is 35.0 Å². The lowest BCUT2D eigenvalue weighted by molar-refractivity contribution is -0.177. The molecule has 1 saturated carbocycles. The van der Waals surface area contributed by atoms with Crippen LogP contribution in [-0.4, -0.2) is 24.3 Å². The van der Waals surface area contributed by atoms with Gasteiger partial charge in [0, 0.05) is 15.5 Å². The lowest BCUT2D eigenvalue weighted by Gasteiger charge is -2.44. The minimum absolute atomic E-state index is 0.222. The van der Waals surface area contributed by atoms with Crippen molar-refractivity contribution in [2.24, 2.45) is 21.1 Å². The van der Waals surface area contributed by atoms with Crippen LogP contribution in [0.3, 0.4) is 0 Å². The zero-order chi connectivity index (χ0) is 17.8. The third-order valence-electron chi connectivity index (χ3n) is 5.88. The van der Waals surface area contributed by atoms with Crippen LogP contribution >= 0.6 is 15.9 Å². The van der Waals surface area contributed by atoms with E-state index in [1.54, 1.807) is 0 Å². The molecule has 1 fully saturated rings. The van der Waals surface area contributed by atoms with E-state index in [-0.39, 0.29) is 5.41 Å². The number of fused-ring (bicyclic) bond motifs is 3. The zero-order valence-corrected chi connectivity index (χ0v) is 15.5. The van der Waals surface area contributed by atoms with Crippen molar-refractivity contribution in [1.29, 1.82) is 0 Å².